The normalized spacial score (nSPS) is 10.4. The second kappa shape index (κ2) is 3.49. The number of rotatable bonds is 3. The monoisotopic (exact) mass is 189 g/mol. The van der Waals surface area contributed by atoms with E-state index in [-0.39, 0.29) is 0 Å². The van der Waals surface area contributed by atoms with Gasteiger partial charge in [-0.25, -0.2) is 9.50 Å². The standard InChI is InChI=1S/C10H11N3O/c1-3-14-8(2)9-5-4-6-13-10(9)11-7-12-13/h4-7H,2-3H2,1H3. The molecule has 0 saturated carbocycles. The van der Waals surface area contributed by atoms with Crippen LogP contribution in [0.4, 0.5) is 0 Å². The van der Waals surface area contributed by atoms with Gasteiger partial charge in [-0.2, -0.15) is 5.10 Å². The van der Waals surface area contributed by atoms with E-state index in [4.69, 9.17) is 4.74 Å². The highest BCUT2D eigenvalue weighted by Crippen LogP contribution is 2.17. The van der Waals surface area contributed by atoms with E-state index in [1.54, 1.807) is 4.52 Å². The van der Waals surface area contributed by atoms with Crippen molar-refractivity contribution in [3.8, 4) is 0 Å². The highest BCUT2D eigenvalue weighted by molar-refractivity contribution is 5.70. The SMILES string of the molecule is C=C(OCC)c1cccn2ncnc12. The van der Waals surface area contributed by atoms with Crippen molar-refractivity contribution >= 4 is 11.4 Å². The fraction of sp³-hybridized carbons (Fsp3) is 0.200. The lowest BCUT2D eigenvalue weighted by Gasteiger charge is -2.06. The molecule has 4 heteroatoms. The number of aromatic nitrogens is 3. The Kier molecular flexibility index (Phi) is 2.18. The third kappa shape index (κ3) is 1.35. The number of pyridine rings is 1. The zero-order valence-corrected chi connectivity index (χ0v) is 7.97. The van der Waals surface area contributed by atoms with Gasteiger partial charge in [-0.1, -0.05) is 6.58 Å². The van der Waals surface area contributed by atoms with Gasteiger partial charge in [0.2, 0.25) is 0 Å². The lowest BCUT2D eigenvalue weighted by molar-refractivity contribution is 0.299. The summed E-state index contributed by atoms with van der Waals surface area (Å²) in [5.41, 5.74) is 1.65. The number of hydrogen-bond acceptors (Lipinski definition) is 3. The van der Waals surface area contributed by atoms with Gasteiger partial charge in [-0.3, -0.25) is 0 Å². The molecular formula is C10H11N3O. The lowest BCUT2D eigenvalue weighted by atomic mass is 10.2. The van der Waals surface area contributed by atoms with E-state index in [1.807, 2.05) is 25.3 Å². The molecule has 0 saturated heterocycles. The summed E-state index contributed by atoms with van der Waals surface area (Å²) < 4.78 is 7.02. The summed E-state index contributed by atoms with van der Waals surface area (Å²) in [6, 6.07) is 3.81. The zero-order valence-electron chi connectivity index (χ0n) is 7.97. The minimum absolute atomic E-state index is 0.605. The minimum Gasteiger partial charge on any atom is -0.494 e. The van der Waals surface area contributed by atoms with Crippen molar-refractivity contribution in [2.75, 3.05) is 6.61 Å². The van der Waals surface area contributed by atoms with E-state index in [9.17, 15) is 0 Å². The van der Waals surface area contributed by atoms with Crippen LogP contribution in [0.15, 0.2) is 31.2 Å². The number of nitrogens with zero attached hydrogens (tertiary/aromatic N) is 3. The predicted octanol–water partition coefficient (Wildman–Crippen LogP) is 1.74. The van der Waals surface area contributed by atoms with Crippen LogP contribution in [0.5, 0.6) is 0 Å². The third-order valence-electron chi connectivity index (χ3n) is 1.92. The average Bonchev–Trinajstić information content (AvgIpc) is 2.65. The lowest BCUT2D eigenvalue weighted by Crippen LogP contribution is -1.95. The first-order valence-corrected chi connectivity index (χ1v) is 4.43. The summed E-state index contributed by atoms with van der Waals surface area (Å²) in [5.74, 6) is 0.631. The molecule has 0 aromatic carbocycles. The van der Waals surface area contributed by atoms with Crippen molar-refractivity contribution in [3.63, 3.8) is 0 Å². The molecule has 0 unspecified atom stereocenters. The molecular weight excluding hydrogens is 178 g/mol. The van der Waals surface area contributed by atoms with Crippen LogP contribution in [0.1, 0.15) is 12.5 Å². The first-order chi connectivity index (χ1) is 6.83. The summed E-state index contributed by atoms with van der Waals surface area (Å²) in [6.07, 6.45) is 3.35. The van der Waals surface area contributed by atoms with Gasteiger partial charge in [-0.05, 0) is 19.1 Å². The second-order valence-corrected chi connectivity index (χ2v) is 2.81. The smallest absolute Gasteiger partial charge is 0.166 e. The van der Waals surface area contributed by atoms with Crippen LogP contribution in [0.2, 0.25) is 0 Å². The van der Waals surface area contributed by atoms with Crippen LogP contribution in [0, 0.1) is 0 Å². The van der Waals surface area contributed by atoms with E-state index in [1.165, 1.54) is 6.33 Å². The van der Waals surface area contributed by atoms with Crippen LogP contribution in [0.3, 0.4) is 0 Å². The molecule has 0 atom stereocenters. The predicted molar refractivity (Wildman–Crippen MR) is 53.6 cm³/mol. The van der Waals surface area contributed by atoms with Crippen LogP contribution in [-0.2, 0) is 4.74 Å². The molecule has 0 radical (unpaired) electrons. The van der Waals surface area contributed by atoms with Gasteiger partial charge < -0.3 is 4.74 Å². The van der Waals surface area contributed by atoms with Gasteiger partial charge in [-0.15, -0.1) is 0 Å². The summed E-state index contributed by atoms with van der Waals surface area (Å²) >= 11 is 0. The Balaban J connectivity index is 2.50. The quantitative estimate of drug-likeness (QED) is 0.690. The molecule has 0 bridgehead atoms. The molecule has 14 heavy (non-hydrogen) atoms. The van der Waals surface area contributed by atoms with E-state index in [2.05, 4.69) is 16.7 Å². The maximum Gasteiger partial charge on any atom is 0.166 e. The molecule has 0 amide bonds. The van der Waals surface area contributed by atoms with Gasteiger partial charge >= 0.3 is 0 Å². The third-order valence-corrected chi connectivity index (χ3v) is 1.92. The van der Waals surface area contributed by atoms with Crippen molar-refractivity contribution < 1.29 is 4.74 Å². The van der Waals surface area contributed by atoms with E-state index < -0.39 is 0 Å². The van der Waals surface area contributed by atoms with Crippen LogP contribution in [-0.4, -0.2) is 21.2 Å². The van der Waals surface area contributed by atoms with Gasteiger partial charge in [0, 0.05) is 6.20 Å². The topological polar surface area (TPSA) is 39.4 Å². The Morgan fingerprint density at radius 3 is 3.29 bits per heavy atom. The number of ether oxygens (including phenoxy) is 1. The molecule has 0 N–H and O–H groups in total. The first kappa shape index (κ1) is 8.74. The van der Waals surface area contributed by atoms with Crippen molar-refractivity contribution in [2.45, 2.75) is 6.92 Å². The molecule has 4 nitrogen and oxygen atoms in total. The summed E-state index contributed by atoms with van der Waals surface area (Å²) in [7, 11) is 0. The highest BCUT2D eigenvalue weighted by Gasteiger charge is 2.06. The molecule has 72 valence electrons. The fourth-order valence-corrected chi connectivity index (χ4v) is 1.32. The van der Waals surface area contributed by atoms with Crippen molar-refractivity contribution in [1.29, 1.82) is 0 Å². The van der Waals surface area contributed by atoms with Gasteiger partial charge in [0.15, 0.2) is 5.65 Å². The maximum atomic E-state index is 5.33. The minimum atomic E-state index is 0.605. The maximum absolute atomic E-state index is 5.33. The molecule has 2 rings (SSSR count). The molecule has 2 aromatic rings. The Morgan fingerprint density at radius 1 is 1.64 bits per heavy atom. The number of hydrogen-bond donors (Lipinski definition) is 0. The van der Waals surface area contributed by atoms with E-state index in [0.717, 1.165) is 11.2 Å². The summed E-state index contributed by atoms with van der Waals surface area (Å²) in [5, 5.41) is 4.03. The molecule has 0 fully saturated rings. The number of fused-ring (bicyclic) bond motifs is 1. The van der Waals surface area contributed by atoms with Crippen molar-refractivity contribution in [2.24, 2.45) is 0 Å². The molecule has 2 aromatic heterocycles. The molecule has 0 aliphatic rings. The molecule has 0 spiro atoms. The zero-order chi connectivity index (χ0) is 9.97. The van der Waals surface area contributed by atoms with E-state index in [0.29, 0.717) is 12.4 Å². The van der Waals surface area contributed by atoms with Gasteiger partial charge in [0.1, 0.15) is 12.1 Å². The highest BCUT2D eigenvalue weighted by atomic mass is 16.5. The van der Waals surface area contributed by atoms with Crippen molar-refractivity contribution in [1.82, 2.24) is 14.6 Å². The summed E-state index contributed by atoms with van der Waals surface area (Å²) in [4.78, 5) is 4.13. The van der Waals surface area contributed by atoms with Crippen molar-refractivity contribution in [3.05, 3.63) is 36.8 Å². The fourth-order valence-electron chi connectivity index (χ4n) is 1.32. The summed E-state index contributed by atoms with van der Waals surface area (Å²) in [6.45, 7) is 6.37. The first-order valence-electron chi connectivity index (χ1n) is 4.43. The van der Waals surface area contributed by atoms with Gasteiger partial charge in [0.05, 0.1) is 12.2 Å². The van der Waals surface area contributed by atoms with Gasteiger partial charge in [0.25, 0.3) is 0 Å². The average molecular weight is 189 g/mol. The Bertz CT molecular complexity index is 461. The Labute approximate surface area is 81.8 Å². The molecule has 0 aliphatic carbocycles. The second-order valence-electron chi connectivity index (χ2n) is 2.81. The van der Waals surface area contributed by atoms with E-state index >= 15 is 0 Å². The molecule has 0 aliphatic heterocycles. The van der Waals surface area contributed by atoms with Crippen LogP contribution < -0.4 is 0 Å². The van der Waals surface area contributed by atoms with Crippen LogP contribution in [0.25, 0.3) is 11.4 Å². The van der Waals surface area contributed by atoms with Crippen LogP contribution >= 0.6 is 0 Å². The molecule has 2 heterocycles. The largest absolute Gasteiger partial charge is 0.494 e. The Morgan fingerprint density at radius 2 is 2.50 bits per heavy atom. The Hall–Kier alpha value is -1.84.